The molecule has 0 aliphatic rings. The van der Waals surface area contributed by atoms with Gasteiger partial charge in [-0.15, -0.1) is 0 Å². The van der Waals surface area contributed by atoms with Crippen molar-refractivity contribution in [2.45, 2.75) is 24.2 Å². The number of H-pyrrole nitrogens is 1. The molecule has 1 N–H and O–H groups in total. The van der Waals surface area contributed by atoms with Crippen molar-refractivity contribution >= 4 is 21.8 Å². The Balaban J connectivity index is 2.02. The molecule has 0 aliphatic carbocycles. The highest BCUT2D eigenvalue weighted by molar-refractivity contribution is 7.84. The third kappa shape index (κ3) is 4.24. The molecular formula is C18H21N3O3S. The number of nitrogens with zero attached hydrogens (tertiary/aromatic N) is 2. The van der Waals surface area contributed by atoms with Gasteiger partial charge in [0.15, 0.2) is 5.16 Å². The monoisotopic (exact) mass is 374 g/mol. The van der Waals surface area contributed by atoms with Gasteiger partial charge in [0.1, 0.15) is 5.75 Å². The average molecular weight is 375 g/mol. The fourth-order valence-corrected chi connectivity index (χ4v) is 2.65. The molecule has 25 heavy (non-hydrogen) atoms. The molecule has 3 aromatic rings. The van der Waals surface area contributed by atoms with Crippen molar-refractivity contribution in [1.29, 1.82) is 0 Å². The summed E-state index contributed by atoms with van der Waals surface area (Å²) in [5, 5.41) is -0.554. The van der Waals surface area contributed by atoms with Gasteiger partial charge in [-0.05, 0) is 25.1 Å². The average Bonchev–Trinajstić information content (AvgIpc) is 3.26. The minimum absolute atomic E-state index is 0.212. The van der Waals surface area contributed by atoms with Crippen LogP contribution in [0.3, 0.4) is 0 Å². The number of para-hydroxylation sites is 2. The van der Waals surface area contributed by atoms with Crippen molar-refractivity contribution in [2.24, 2.45) is 0 Å². The fourth-order valence-electron chi connectivity index (χ4n) is 1.80. The van der Waals surface area contributed by atoms with Crippen LogP contribution in [0.4, 0.5) is 0 Å². The minimum atomic E-state index is -3.73. The maximum atomic E-state index is 13.3. The molecule has 1 unspecified atom stereocenters. The molecule has 3 rings (SSSR count). The number of ether oxygens (including phenoxy) is 2. The molecular weight excluding hydrogens is 338 g/mol. The second kappa shape index (κ2) is 8.22. The van der Waals surface area contributed by atoms with Crippen molar-refractivity contribution in [3.63, 3.8) is 0 Å². The Hall–Kier alpha value is -2.25. The first-order valence-corrected chi connectivity index (χ1v) is 7.84. The lowest BCUT2D eigenvalue weighted by Gasteiger charge is -2.11. The lowest BCUT2D eigenvalue weighted by Crippen LogP contribution is -2.06. The van der Waals surface area contributed by atoms with E-state index in [0.717, 1.165) is 12.3 Å². The Morgan fingerprint density at radius 1 is 1.40 bits per heavy atom. The van der Waals surface area contributed by atoms with Crippen molar-refractivity contribution in [3.8, 4) is 5.75 Å². The molecule has 0 amide bonds. The number of aromatic nitrogens is 3. The zero-order valence-corrected chi connectivity index (χ0v) is 13.5. The van der Waals surface area contributed by atoms with Gasteiger partial charge in [0.05, 0.1) is 54.9 Å². The molecule has 0 bridgehead atoms. The molecule has 1 atom stereocenters. The molecule has 0 fully saturated rings. The molecule has 0 spiro atoms. The molecule has 2 heterocycles. The van der Waals surface area contributed by atoms with Crippen molar-refractivity contribution < 1.29 is 34.2 Å². The summed E-state index contributed by atoms with van der Waals surface area (Å²) in [5.41, 5.74) is -4.26. The summed E-state index contributed by atoms with van der Waals surface area (Å²) in [6, 6.07) is -1.26. The zero-order chi connectivity index (χ0) is 30.8. The van der Waals surface area contributed by atoms with Gasteiger partial charge in [-0.25, -0.2) is 4.98 Å². The van der Waals surface area contributed by atoms with E-state index in [4.69, 9.17) is 25.3 Å². The second-order valence-electron chi connectivity index (χ2n) is 4.45. The van der Waals surface area contributed by atoms with Crippen LogP contribution >= 0.6 is 0 Å². The Kier molecular flexibility index (Phi) is 2.24. The van der Waals surface area contributed by atoms with Gasteiger partial charge in [0, 0.05) is 37.2 Å². The molecule has 132 valence electrons. The first kappa shape index (κ1) is 6.81. The van der Waals surface area contributed by atoms with E-state index >= 15 is 0 Å². The first-order valence-electron chi connectivity index (χ1n) is 14.2. The first-order chi connectivity index (χ1) is 18.0. The molecule has 7 heteroatoms. The lowest BCUT2D eigenvalue weighted by atomic mass is 10.2. The minimum Gasteiger partial charge on any atom is -0.493 e. The van der Waals surface area contributed by atoms with Crippen LogP contribution in [0.2, 0.25) is 0 Å². The molecule has 0 radical (unpaired) electrons. The summed E-state index contributed by atoms with van der Waals surface area (Å²) in [6.07, 6.45) is -2.80. The predicted molar refractivity (Wildman–Crippen MR) is 97.2 cm³/mol. The van der Waals surface area contributed by atoms with E-state index in [2.05, 4.69) is 19.7 Å². The highest BCUT2D eigenvalue weighted by Gasteiger charge is 2.14. The molecule has 0 saturated heterocycles. The zero-order valence-electron chi connectivity index (χ0n) is 27.7. The summed E-state index contributed by atoms with van der Waals surface area (Å²) in [5.74, 6) is -0.548. The maximum Gasteiger partial charge on any atom is 0.197 e. The molecule has 1 aromatic carbocycles. The number of hydrogen-bond donors (Lipinski definition) is 1. The number of benzene rings is 1. The van der Waals surface area contributed by atoms with E-state index in [1.54, 1.807) is 0 Å². The molecule has 0 aliphatic heterocycles. The van der Waals surface area contributed by atoms with E-state index in [1.165, 1.54) is 6.92 Å². The van der Waals surface area contributed by atoms with Crippen LogP contribution in [0, 0.1) is 6.92 Å². The highest BCUT2D eigenvalue weighted by Crippen LogP contribution is 2.22. The Morgan fingerprint density at radius 2 is 2.28 bits per heavy atom. The normalized spacial score (nSPS) is 24.0. The van der Waals surface area contributed by atoms with Gasteiger partial charge in [-0.1, -0.05) is 12.1 Å². The van der Waals surface area contributed by atoms with E-state index in [9.17, 15) is 4.21 Å². The van der Waals surface area contributed by atoms with Crippen LogP contribution in [0.15, 0.2) is 41.6 Å². The van der Waals surface area contributed by atoms with Gasteiger partial charge in [-0.3, -0.25) is 9.19 Å². The van der Waals surface area contributed by atoms with E-state index in [0.29, 0.717) is 0 Å². The Bertz CT molecular complexity index is 1440. The lowest BCUT2D eigenvalue weighted by molar-refractivity contribution is 0.172. The van der Waals surface area contributed by atoms with Gasteiger partial charge >= 0.3 is 0 Å². The van der Waals surface area contributed by atoms with Crippen molar-refractivity contribution in [3.05, 3.63) is 47.7 Å². The Morgan fingerprint density at radius 3 is 3.16 bits per heavy atom. The van der Waals surface area contributed by atoms with Crippen LogP contribution in [0.25, 0.3) is 11.0 Å². The van der Waals surface area contributed by atoms with E-state index in [1.807, 2.05) is 0 Å². The number of imidazole rings is 1. The van der Waals surface area contributed by atoms with Gasteiger partial charge in [0.2, 0.25) is 0 Å². The maximum absolute atomic E-state index is 13.3. The SMILES string of the molecule is [2H]c1c([2H])c([2H])c2[nH]c(S(=O)C([2H])([2H])c3nccc(OC([2H])([2H])C([2H])([2H])C([2H])([2H])OC([2H])([2H])[2H])c3C)nc2c1[2H]. The highest BCUT2D eigenvalue weighted by atomic mass is 32.2. The third-order valence-corrected chi connectivity index (χ3v) is 3.87. The fraction of sp³-hybridized carbons (Fsp3) is 0.333. The van der Waals surface area contributed by atoms with Gasteiger partial charge in [0.25, 0.3) is 0 Å². The summed E-state index contributed by atoms with van der Waals surface area (Å²) in [7, 11) is -6.16. The molecule has 6 nitrogen and oxygen atoms in total. The largest absolute Gasteiger partial charge is 0.493 e. The summed E-state index contributed by atoms with van der Waals surface area (Å²) in [6.45, 7) is -6.13. The topological polar surface area (TPSA) is 77.1 Å². The third-order valence-electron chi connectivity index (χ3n) is 2.95. The quantitative estimate of drug-likeness (QED) is 0.656. The number of fused-ring (bicyclic) bond motifs is 1. The van der Waals surface area contributed by atoms with Crippen LogP contribution in [0.1, 0.15) is 38.2 Å². The predicted octanol–water partition coefficient (Wildman–Crippen LogP) is 2.99. The van der Waals surface area contributed by atoms with Gasteiger partial charge < -0.3 is 14.5 Å². The van der Waals surface area contributed by atoms with Gasteiger partial charge in [-0.2, -0.15) is 0 Å². The number of aromatic amines is 1. The molecule has 0 saturated carbocycles. The van der Waals surface area contributed by atoms with Crippen molar-refractivity contribution in [1.82, 2.24) is 15.0 Å². The standard InChI is InChI=1S/C18H21N3O3S/c1-13-16(19-9-8-17(13)24-11-5-10-23-2)12-25(22)18-20-14-6-3-4-7-15(14)21-18/h3-4,6-9H,5,10-12H2,1-2H3,(H,20,21)/i2D3,3D,4D,5D2,6D,7D,10D2,11D2,12D2. The smallest absolute Gasteiger partial charge is 0.197 e. The van der Waals surface area contributed by atoms with Crippen molar-refractivity contribution in [2.75, 3.05) is 20.2 Å². The van der Waals surface area contributed by atoms with Crippen LogP contribution in [0.5, 0.6) is 5.75 Å². The number of rotatable bonds is 8. The van der Waals surface area contributed by atoms with E-state index in [-0.39, 0.29) is 16.6 Å². The number of pyridine rings is 1. The number of nitrogens with one attached hydrogen (secondary N) is 1. The summed E-state index contributed by atoms with van der Waals surface area (Å²) in [4.78, 5) is 10.2. The second-order valence-corrected chi connectivity index (χ2v) is 5.58. The number of methoxy groups -OCH3 is 1. The van der Waals surface area contributed by atoms with Crippen LogP contribution < -0.4 is 4.74 Å². The summed E-state index contributed by atoms with van der Waals surface area (Å²) >= 11 is 0. The van der Waals surface area contributed by atoms with E-state index < -0.39 is 83.8 Å². The number of hydrogen-bond acceptors (Lipinski definition) is 5. The summed E-state index contributed by atoms with van der Waals surface area (Å²) < 4.78 is 139. The Labute approximate surface area is 170 Å². The molecule has 2 aromatic heterocycles. The van der Waals surface area contributed by atoms with Crippen LogP contribution in [-0.4, -0.2) is 39.3 Å². The van der Waals surface area contributed by atoms with Crippen LogP contribution in [-0.2, 0) is 21.2 Å².